The fourth-order valence-corrected chi connectivity index (χ4v) is 4.07. The summed E-state index contributed by atoms with van der Waals surface area (Å²) >= 11 is 1.31. The first-order chi connectivity index (χ1) is 12.8. The molecule has 9 heteroatoms. The number of nitrogens with zero attached hydrogens (tertiary/aromatic N) is 4. The SMILES string of the molecule is Cc1nonc1-c1csc(NC(=O)c2noc3c2C[C@H](C(C)(C)C)CC3)n1. The highest BCUT2D eigenvalue weighted by molar-refractivity contribution is 7.14. The molecule has 0 bridgehead atoms. The molecule has 4 rings (SSSR count). The van der Waals surface area contributed by atoms with Gasteiger partial charge < -0.3 is 4.52 Å². The number of carbonyl (C=O) groups is 1. The molecule has 0 unspecified atom stereocenters. The van der Waals surface area contributed by atoms with Crippen LogP contribution in [-0.4, -0.2) is 26.4 Å². The fourth-order valence-electron chi connectivity index (χ4n) is 3.38. The highest BCUT2D eigenvalue weighted by Crippen LogP contribution is 2.38. The Morgan fingerprint density at radius 1 is 1.30 bits per heavy atom. The molecule has 0 fully saturated rings. The maximum Gasteiger partial charge on any atom is 0.279 e. The molecular weight excluding hydrogens is 366 g/mol. The van der Waals surface area contributed by atoms with Gasteiger partial charge in [-0.25, -0.2) is 9.61 Å². The van der Waals surface area contributed by atoms with Crippen molar-refractivity contribution in [2.75, 3.05) is 5.32 Å². The maximum absolute atomic E-state index is 12.8. The average Bonchev–Trinajstić information content (AvgIpc) is 3.32. The average molecular weight is 387 g/mol. The first-order valence-corrected chi connectivity index (χ1v) is 9.74. The molecule has 3 aromatic rings. The molecule has 0 spiro atoms. The first kappa shape index (κ1) is 17.8. The summed E-state index contributed by atoms with van der Waals surface area (Å²) in [7, 11) is 0. The van der Waals surface area contributed by atoms with Crippen LogP contribution in [0.4, 0.5) is 5.13 Å². The highest BCUT2D eigenvalue weighted by Gasteiger charge is 2.34. The quantitative estimate of drug-likeness (QED) is 0.726. The molecule has 0 saturated carbocycles. The Balaban J connectivity index is 1.53. The Labute approximate surface area is 160 Å². The van der Waals surface area contributed by atoms with Crippen LogP contribution < -0.4 is 5.32 Å². The van der Waals surface area contributed by atoms with Crippen LogP contribution in [0.1, 0.15) is 54.7 Å². The largest absolute Gasteiger partial charge is 0.360 e. The lowest BCUT2D eigenvalue weighted by atomic mass is 9.71. The second kappa shape index (κ2) is 6.56. The van der Waals surface area contributed by atoms with Gasteiger partial charge in [0.1, 0.15) is 17.1 Å². The number of aromatic nitrogens is 4. The van der Waals surface area contributed by atoms with Crippen molar-refractivity contribution in [3.63, 3.8) is 0 Å². The van der Waals surface area contributed by atoms with Crippen LogP contribution in [-0.2, 0) is 12.8 Å². The summed E-state index contributed by atoms with van der Waals surface area (Å²) < 4.78 is 10.1. The Morgan fingerprint density at radius 3 is 2.81 bits per heavy atom. The second-order valence-electron chi connectivity index (χ2n) is 7.93. The molecule has 3 aromatic heterocycles. The van der Waals surface area contributed by atoms with Gasteiger partial charge in [0.15, 0.2) is 16.5 Å². The van der Waals surface area contributed by atoms with E-state index in [9.17, 15) is 4.79 Å². The summed E-state index contributed by atoms with van der Waals surface area (Å²) in [5.74, 6) is 1.01. The number of anilines is 1. The molecule has 1 N–H and O–H groups in total. The molecule has 0 radical (unpaired) electrons. The number of hydrogen-bond donors (Lipinski definition) is 1. The van der Waals surface area contributed by atoms with E-state index in [4.69, 9.17) is 9.15 Å². The van der Waals surface area contributed by atoms with Crippen LogP contribution in [0.5, 0.6) is 0 Å². The van der Waals surface area contributed by atoms with Gasteiger partial charge in [0.2, 0.25) is 0 Å². The number of rotatable bonds is 3. The van der Waals surface area contributed by atoms with Crippen molar-refractivity contribution < 1.29 is 13.9 Å². The van der Waals surface area contributed by atoms with Gasteiger partial charge in [-0.3, -0.25) is 10.1 Å². The minimum absolute atomic E-state index is 0.177. The van der Waals surface area contributed by atoms with Crippen molar-refractivity contribution in [3.05, 3.63) is 28.1 Å². The Hall–Kier alpha value is -2.55. The van der Waals surface area contributed by atoms with E-state index in [0.717, 1.165) is 30.6 Å². The summed E-state index contributed by atoms with van der Waals surface area (Å²) in [6, 6.07) is 0. The Kier molecular flexibility index (Phi) is 4.33. The number of amides is 1. The number of hydrogen-bond acceptors (Lipinski definition) is 8. The van der Waals surface area contributed by atoms with E-state index in [2.05, 4.69) is 46.5 Å². The van der Waals surface area contributed by atoms with E-state index < -0.39 is 0 Å². The van der Waals surface area contributed by atoms with Crippen molar-refractivity contribution >= 4 is 22.4 Å². The van der Waals surface area contributed by atoms with E-state index in [1.54, 1.807) is 12.3 Å². The van der Waals surface area contributed by atoms with Crippen LogP contribution in [0.2, 0.25) is 0 Å². The summed E-state index contributed by atoms with van der Waals surface area (Å²) in [5.41, 5.74) is 3.29. The lowest BCUT2D eigenvalue weighted by molar-refractivity contribution is 0.101. The van der Waals surface area contributed by atoms with Crippen molar-refractivity contribution in [2.24, 2.45) is 11.3 Å². The smallest absolute Gasteiger partial charge is 0.279 e. The van der Waals surface area contributed by atoms with E-state index in [1.165, 1.54) is 11.3 Å². The standard InChI is InChI=1S/C18H21N5O3S/c1-9-14(23-26-21-9)12-8-27-17(19-12)20-16(24)15-11-7-10(18(2,3)4)5-6-13(11)25-22-15/h8,10H,5-7H2,1-4H3,(H,19,20,24)/t10-/m1/s1. The third-order valence-corrected chi connectivity index (χ3v) is 5.86. The van der Waals surface area contributed by atoms with Crippen molar-refractivity contribution in [2.45, 2.75) is 47.0 Å². The molecule has 0 aliphatic heterocycles. The number of carbonyl (C=O) groups excluding carboxylic acids is 1. The molecule has 1 aliphatic carbocycles. The summed E-state index contributed by atoms with van der Waals surface area (Å²) in [6.07, 6.45) is 2.67. The number of nitrogens with one attached hydrogen (secondary N) is 1. The summed E-state index contributed by atoms with van der Waals surface area (Å²) in [4.78, 5) is 17.1. The molecular formula is C18H21N5O3S. The summed E-state index contributed by atoms with van der Waals surface area (Å²) in [5, 5.41) is 16.7. The van der Waals surface area contributed by atoms with Gasteiger partial charge in [0.25, 0.3) is 5.91 Å². The molecule has 1 atom stereocenters. The molecule has 1 aliphatic rings. The fraction of sp³-hybridized carbons (Fsp3) is 0.500. The minimum Gasteiger partial charge on any atom is -0.360 e. The van der Waals surface area contributed by atoms with Gasteiger partial charge >= 0.3 is 0 Å². The third-order valence-electron chi connectivity index (χ3n) is 5.10. The maximum atomic E-state index is 12.8. The summed E-state index contributed by atoms with van der Waals surface area (Å²) in [6.45, 7) is 8.48. The van der Waals surface area contributed by atoms with Crippen molar-refractivity contribution in [3.8, 4) is 11.4 Å². The molecule has 8 nitrogen and oxygen atoms in total. The molecule has 27 heavy (non-hydrogen) atoms. The van der Waals surface area contributed by atoms with E-state index in [0.29, 0.717) is 33.8 Å². The molecule has 3 heterocycles. The van der Waals surface area contributed by atoms with Gasteiger partial charge in [-0.15, -0.1) is 11.3 Å². The topological polar surface area (TPSA) is 107 Å². The lowest BCUT2D eigenvalue weighted by Gasteiger charge is -2.33. The monoisotopic (exact) mass is 387 g/mol. The van der Waals surface area contributed by atoms with Crippen molar-refractivity contribution in [1.29, 1.82) is 0 Å². The zero-order chi connectivity index (χ0) is 19.2. The predicted octanol–water partition coefficient (Wildman–Crippen LogP) is 3.89. The first-order valence-electron chi connectivity index (χ1n) is 8.86. The van der Waals surface area contributed by atoms with E-state index >= 15 is 0 Å². The molecule has 1 amide bonds. The van der Waals surface area contributed by atoms with Crippen molar-refractivity contribution in [1.82, 2.24) is 20.5 Å². The van der Waals surface area contributed by atoms with Gasteiger partial charge in [0.05, 0.1) is 0 Å². The Morgan fingerprint density at radius 2 is 2.11 bits per heavy atom. The predicted molar refractivity (Wildman–Crippen MR) is 99.6 cm³/mol. The van der Waals surface area contributed by atoms with Crippen LogP contribution in [0.3, 0.4) is 0 Å². The third kappa shape index (κ3) is 3.39. The molecule has 0 aromatic carbocycles. The zero-order valence-electron chi connectivity index (χ0n) is 15.7. The van der Waals surface area contributed by atoms with Crippen LogP contribution >= 0.6 is 11.3 Å². The number of fused-ring (bicyclic) bond motifs is 1. The van der Waals surface area contributed by atoms with E-state index in [-0.39, 0.29) is 11.3 Å². The lowest BCUT2D eigenvalue weighted by Crippen LogP contribution is -2.27. The number of thiazole rings is 1. The molecule has 0 saturated heterocycles. The normalized spacial score (nSPS) is 17.0. The Bertz CT molecular complexity index is 981. The van der Waals surface area contributed by atoms with Gasteiger partial charge in [0, 0.05) is 17.4 Å². The highest BCUT2D eigenvalue weighted by atomic mass is 32.1. The molecule has 142 valence electrons. The van der Waals surface area contributed by atoms with Gasteiger partial charge in [-0.1, -0.05) is 31.1 Å². The van der Waals surface area contributed by atoms with E-state index in [1.807, 2.05) is 0 Å². The van der Waals surface area contributed by atoms with Crippen LogP contribution in [0.15, 0.2) is 14.5 Å². The van der Waals surface area contributed by atoms with Crippen LogP contribution in [0.25, 0.3) is 11.4 Å². The number of aryl methyl sites for hydroxylation is 2. The second-order valence-corrected chi connectivity index (χ2v) is 8.79. The van der Waals surface area contributed by atoms with Gasteiger partial charge in [-0.2, -0.15) is 0 Å². The van der Waals surface area contributed by atoms with Crippen LogP contribution in [0, 0.1) is 18.3 Å². The minimum atomic E-state index is -0.301. The zero-order valence-corrected chi connectivity index (χ0v) is 16.5. The van der Waals surface area contributed by atoms with Gasteiger partial charge in [-0.05, 0) is 36.3 Å².